The molecule has 1 aliphatic heterocycles. The number of carbonyl (C=O) groups is 1. The maximum absolute atomic E-state index is 14.0. The lowest BCUT2D eigenvalue weighted by Gasteiger charge is -2.26. The zero-order chi connectivity index (χ0) is 16.5. The Labute approximate surface area is 142 Å². The summed E-state index contributed by atoms with van der Waals surface area (Å²) in [6, 6.07) is 13.9. The molecule has 1 N–H and O–H groups in total. The van der Waals surface area contributed by atoms with Crippen LogP contribution in [0.3, 0.4) is 0 Å². The van der Waals surface area contributed by atoms with E-state index in [1.165, 1.54) is 6.07 Å². The summed E-state index contributed by atoms with van der Waals surface area (Å²) in [6.07, 6.45) is 1.16. The number of benzene rings is 1. The fourth-order valence-electron chi connectivity index (χ4n) is 2.84. The number of halogens is 1. The highest BCUT2D eigenvalue weighted by molar-refractivity contribution is 7.09. The number of anilines is 1. The van der Waals surface area contributed by atoms with Gasteiger partial charge < -0.3 is 10.2 Å². The van der Waals surface area contributed by atoms with Gasteiger partial charge in [-0.2, -0.15) is 0 Å². The largest absolute Gasteiger partial charge is 0.358 e. The normalized spacial score (nSPS) is 16.3. The lowest BCUT2D eigenvalue weighted by atomic mass is 10.2. The Hall–Kier alpha value is -2.73. The van der Waals surface area contributed by atoms with Crippen molar-refractivity contribution in [3.05, 3.63) is 82.1 Å². The van der Waals surface area contributed by atoms with Crippen LogP contribution in [0.1, 0.15) is 27.1 Å². The van der Waals surface area contributed by atoms with Crippen molar-refractivity contribution >= 4 is 22.9 Å². The minimum Gasteiger partial charge on any atom is -0.358 e. The Balaban J connectivity index is 1.72. The molecule has 24 heavy (non-hydrogen) atoms. The van der Waals surface area contributed by atoms with E-state index >= 15 is 0 Å². The predicted molar refractivity (Wildman–Crippen MR) is 91.2 cm³/mol. The smallest absolute Gasteiger partial charge is 0.258 e. The molecule has 6 heteroatoms. The SMILES string of the molecule is O=C1c2cccnc2[C@H](Nc2ccccc2F)N1Cc1cccs1. The van der Waals surface area contributed by atoms with Crippen molar-refractivity contribution in [1.29, 1.82) is 0 Å². The van der Waals surface area contributed by atoms with Gasteiger partial charge in [0.2, 0.25) is 0 Å². The van der Waals surface area contributed by atoms with Crippen molar-refractivity contribution in [2.45, 2.75) is 12.7 Å². The Morgan fingerprint density at radius 1 is 1.17 bits per heavy atom. The van der Waals surface area contributed by atoms with Crippen LogP contribution in [-0.4, -0.2) is 15.8 Å². The number of pyridine rings is 1. The van der Waals surface area contributed by atoms with Gasteiger partial charge in [0.25, 0.3) is 5.91 Å². The molecule has 4 nitrogen and oxygen atoms in total. The summed E-state index contributed by atoms with van der Waals surface area (Å²) in [5.41, 5.74) is 1.54. The van der Waals surface area contributed by atoms with E-state index in [-0.39, 0.29) is 11.7 Å². The van der Waals surface area contributed by atoms with Gasteiger partial charge in [0.05, 0.1) is 23.5 Å². The van der Waals surface area contributed by atoms with Gasteiger partial charge in [-0.1, -0.05) is 18.2 Å². The molecule has 0 saturated carbocycles. The predicted octanol–water partition coefficient (Wildman–Crippen LogP) is 4.05. The minimum absolute atomic E-state index is 0.0969. The van der Waals surface area contributed by atoms with Gasteiger partial charge >= 0.3 is 0 Å². The number of aromatic nitrogens is 1. The lowest BCUT2D eigenvalue weighted by molar-refractivity contribution is 0.0729. The third-order valence-electron chi connectivity index (χ3n) is 3.97. The monoisotopic (exact) mass is 339 g/mol. The molecule has 4 rings (SSSR count). The topological polar surface area (TPSA) is 45.2 Å². The molecular formula is C18H14FN3OS. The Morgan fingerprint density at radius 2 is 2.04 bits per heavy atom. The number of hydrogen-bond donors (Lipinski definition) is 1. The maximum Gasteiger partial charge on any atom is 0.258 e. The molecular weight excluding hydrogens is 325 g/mol. The van der Waals surface area contributed by atoms with Crippen LogP contribution in [0.4, 0.5) is 10.1 Å². The standard InChI is InChI=1S/C18H14FN3OS/c19-14-7-1-2-8-15(14)21-17-16-13(6-3-9-20-16)18(23)22(17)11-12-5-4-10-24-12/h1-10,17,21H,11H2/t17-/m1/s1. The Bertz CT molecular complexity index is 881. The number of nitrogens with one attached hydrogen (secondary N) is 1. The number of amides is 1. The molecule has 0 fully saturated rings. The van der Waals surface area contributed by atoms with Crippen LogP contribution in [0, 0.1) is 5.82 Å². The number of para-hydroxylation sites is 1. The summed E-state index contributed by atoms with van der Waals surface area (Å²) in [5, 5.41) is 5.10. The van der Waals surface area contributed by atoms with Crippen LogP contribution in [0.25, 0.3) is 0 Å². The highest BCUT2D eigenvalue weighted by Crippen LogP contribution is 2.35. The van der Waals surface area contributed by atoms with E-state index in [1.807, 2.05) is 17.5 Å². The second-order valence-corrected chi connectivity index (χ2v) is 6.51. The van der Waals surface area contributed by atoms with Crippen LogP contribution in [-0.2, 0) is 6.54 Å². The first-order valence-corrected chi connectivity index (χ1v) is 8.41. The molecule has 0 saturated heterocycles. The van der Waals surface area contributed by atoms with Crippen LogP contribution in [0.2, 0.25) is 0 Å². The fraction of sp³-hybridized carbons (Fsp3) is 0.111. The maximum atomic E-state index is 14.0. The zero-order valence-corrected chi connectivity index (χ0v) is 13.5. The number of nitrogens with zero attached hydrogens (tertiary/aromatic N) is 2. The van der Waals surface area contributed by atoms with Gasteiger partial charge in [-0.3, -0.25) is 9.78 Å². The zero-order valence-electron chi connectivity index (χ0n) is 12.6. The summed E-state index contributed by atoms with van der Waals surface area (Å²) in [6.45, 7) is 0.457. The third-order valence-corrected chi connectivity index (χ3v) is 4.83. The molecule has 2 aromatic heterocycles. The molecule has 3 aromatic rings. The first-order chi connectivity index (χ1) is 11.7. The molecule has 0 aliphatic carbocycles. The van der Waals surface area contributed by atoms with Crippen LogP contribution in [0.5, 0.6) is 0 Å². The van der Waals surface area contributed by atoms with E-state index in [1.54, 1.807) is 52.8 Å². The van der Waals surface area contributed by atoms with E-state index in [4.69, 9.17) is 0 Å². The third kappa shape index (κ3) is 2.55. The molecule has 1 amide bonds. The lowest BCUT2D eigenvalue weighted by Crippen LogP contribution is -2.32. The van der Waals surface area contributed by atoms with Crippen molar-refractivity contribution in [3.63, 3.8) is 0 Å². The van der Waals surface area contributed by atoms with Gasteiger partial charge in [-0.25, -0.2) is 4.39 Å². The average molecular weight is 339 g/mol. The number of fused-ring (bicyclic) bond motifs is 1. The number of thiophene rings is 1. The van der Waals surface area contributed by atoms with Crippen LogP contribution in [0.15, 0.2) is 60.1 Å². The number of carbonyl (C=O) groups excluding carboxylic acids is 1. The van der Waals surface area contributed by atoms with Crippen LogP contribution >= 0.6 is 11.3 Å². The summed E-state index contributed by atoms with van der Waals surface area (Å²) in [4.78, 5) is 19.9. The average Bonchev–Trinajstić information content (AvgIpc) is 3.20. The summed E-state index contributed by atoms with van der Waals surface area (Å²) in [5.74, 6) is -0.453. The quantitative estimate of drug-likeness (QED) is 0.780. The second-order valence-electron chi connectivity index (χ2n) is 5.48. The van der Waals surface area contributed by atoms with Crippen molar-refractivity contribution in [2.75, 3.05) is 5.32 Å². The molecule has 3 heterocycles. The van der Waals surface area contributed by atoms with Crippen LogP contribution < -0.4 is 5.32 Å². The van der Waals surface area contributed by atoms with E-state index < -0.39 is 6.17 Å². The summed E-state index contributed by atoms with van der Waals surface area (Å²) < 4.78 is 14.0. The van der Waals surface area contributed by atoms with Gasteiger partial charge in [0.15, 0.2) is 0 Å². The van der Waals surface area contributed by atoms with Gasteiger partial charge in [-0.05, 0) is 35.7 Å². The second kappa shape index (κ2) is 6.05. The van der Waals surface area contributed by atoms with E-state index in [0.717, 1.165) is 4.88 Å². The van der Waals surface area contributed by atoms with Gasteiger partial charge in [-0.15, -0.1) is 11.3 Å². The first kappa shape index (κ1) is 14.8. The Kier molecular flexibility index (Phi) is 3.74. The highest BCUT2D eigenvalue weighted by atomic mass is 32.1. The van der Waals surface area contributed by atoms with Crippen molar-refractivity contribution in [3.8, 4) is 0 Å². The summed E-state index contributed by atoms with van der Waals surface area (Å²) >= 11 is 1.59. The van der Waals surface area contributed by atoms with Crippen molar-refractivity contribution in [2.24, 2.45) is 0 Å². The van der Waals surface area contributed by atoms with Crippen molar-refractivity contribution in [1.82, 2.24) is 9.88 Å². The number of rotatable bonds is 4. The molecule has 1 aromatic carbocycles. The first-order valence-electron chi connectivity index (χ1n) is 7.53. The Morgan fingerprint density at radius 3 is 2.83 bits per heavy atom. The highest BCUT2D eigenvalue weighted by Gasteiger charge is 2.38. The molecule has 0 spiro atoms. The van der Waals surface area contributed by atoms with Gasteiger partial charge in [0.1, 0.15) is 12.0 Å². The molecule has 0 bridgehead atoms. The van der Waals surface area contributed by atoms with Crippen molar-refractivity contribution < 1.29 is 9.18 Å². The summed E-state index contributed by atoms with van der Waals surface area (Å²) in [7, 11) is 0. The van der Waals surface area contributed by atoms with Gasteiger partial charge in [0, 0.05) is 11.1 Å². The molecule has 120 valence electrons. The van der Waals surface area contributed by atoms with E-state index in [0.29, 0.717) is 23.5 Å². The molecule has 0 unspecified atom stereocenters. The molecule has 1 atom stereocenters. The molecule has 1 aliphatic rings. The van der Waals surface area contributed by atoms with E-state index in [9.17, 15) is 9.18 Å². The number of hydrogen-bond acceptors (Lipinski definition) is 4. The van der Waals surface area contributed by atoms with E-state index in [2.05, 4.69) is 10.3 Å². The fourth-order valence-corrected chi connectivity index (χ4v) is 3.54. The minimum atomic E-state index is -0.493. The molecule has 0 radical (unpaired) electrons.